The smallest absolute Gasteiger partial charge is 0.272 e. The van der Waals surface area contributed by atoms with Gasteiger partial charge in [-0.2, -0.15) is 5.10 Å². The summed E-state index contributed by atoms with van der Waals surface area (Å²) in [6, 6.07) is 11.6. The van der Waals surface area contributed by atoms with Crippen molar-refractivity contribution in [2.75, 3.05) is 11.9 Å². The molecule has 0 aliphatic heterocycles. The highest BCUT2D eigenvalue weighted by Gasteiger charge is 2.14. The van der Waals surface area contributed by atoms with Gasteiger partial charge in [0, 0.05) is 11.1 Å². The zero-order valence-corrected chi connectivity index (χ0v) is 12.9. The summed E-state index contributed by atoms with van der Waals surface area (Å²) < 4.78 is 13.4. The second-order valence-corrected chi connectivity index (χ2v) is 5.31. The summed E-state index contributed by atoms with van der Waals surface area (Å²) >= 11 is 0. The lowest BCUT2D eigenvalue weighted by Gasteiger charge is -2.07. The van der Waals surface area contributed by atoms with Crippen molar-refractivity contribution in [3.63, 3.8) is 0 Å². The second kappa shape index (κ2) is 6.49. The number of benzene rings is 2. The normalized spacial score (nSPS) is 10.6. The number of rotatable bonds is 4. The van der Waals surface area contributed by atoms with Crippen LogP contribution in [-0.4, -0.2) is 28.6 Å². The molecule has 2 aromatic carbocycles. The molecule has 24 heavy (non-hydrogen) atoms. The standard InChI is InChI=1S/C17H15FN4O2/c1-10-6-7-11(8-13(10)18)20-15(23)9-19-17(24)16-12-4-2-3-5-14(12)21-22-16/h2-8H,9H2,1H3,(H,19,24)(H,20,23)(H,21,22). The molecule has 3 rings (SSSR count). The first-order valence-corrected chi connectivity index (χ1v) is 7.32. The number of hydrogen-bond donors (Lipinski definition) is 3. The molecular formula is C17H15FN4O2. The number of carbonyl (C=O) groups excluding carboxylic acids is 2. The van der Waals surface area contributed by atoms with Crippen LogP contribution in [0.5, 0.6) is 0 Å². The van der Waals surface area contributed by atoms with E-state index in [0.717, 1.165) is 5.52 Å². The molecule has 0 fully saturated rings. The van der Waals surface area contributed by atoms with Crippen molar-refractivity contribution in [1.29, 1.82) is 0 Å². The molecule has 0 unspecified atom stereocenters. The van der Waals surface area contributed by atoms with E-state index in [1.807, 2.05) is 6.07 Å². The number of aryl methyl sites for hydroxylation is 1. The van der Waals surface area contributed by atoms with Crippen LogP contribution >= 0.6 is 0 Å². The maximum Gasteiger partial charge on any atom is 0.272 e. The predicted octanol–water partition coefficient (Wildman–Crippen LogP) is 2.38. The number of nitrogens with zero attached hydrogens (tertiary/aromatic N) is 1. The van der Waals surface area contributed by atoms with Crippen molar-refractivity contribution >= 4 is 28.4 Å². The predicted molar refractivity (Wildman–Crippen MR) is 88.2 cm³/mol. The van der Waals surface area contributed by atoms with Gasteiger partial charge in [-0.05, 0) is 30.7 Å². The number of carbonyl (C=O) groups is 2. The lowest BCUT2D eigenvalue weighted by molar-refractivity contribution is -0.115. The number of amides is 2. The quantitative estimate of drug-likeness (QED) is 0.688. The fraction of sp³-hybridized carbons (Fsp3) is 0.118. The van der Waals surface area contributed by atoms with Crippen LogP contribution in [0.15, 0.2) is 42.5 Å². The Balaban J connectivity index is 1.61. The minimum atomic E-state index is -0.460. The third kappa shape index (κ3) is 3.24. The Bertz CT molecular complexity index is 920. The Morgan fingerprint density at radius 1 is 1.21 bits per heavy atom. The summed E-state index contributed by atoms with van der Waals surface area (Å²) in [5, 5.41) is 12.4. The number of para-hydroxylation sites is 1. The van der Waals surface area contributed by atoms with E-state index in [2.05, 4.69) is 20.8 Å². The van der Waals surface area contributed by atoms with Crippen molar-refractivity contribution in [3.8, 4) is 0 Å². The average Bonchev–Trinajstić information content (AvgIpc) is 3.00. The van der Waals surface area contributed by atoms with Crippen molar-refractivity contribution in [2.24, 2.45) is 0 Å². The van der Waals surface area contributed by atoms with Crippen LogP contribution in [0.25, 0.3) is 10.9 Å². The van der Waals surface area contributed by atoms with E-state index in [-0.39, 0.29) is 12.2 Å². The van der Waals surface area contributed by atoms with Gasteiger partial charge < -0.3 is 10.6 Å². The Morgan fingerprint density at radius 3 is 2.79 bits per heavy atom. The summed E-state index contributed by atoms with van der Waals surface area (Å²) in [4.78, 5) is 24.0. The molecule has 1 aromatic heterocycles. The van der Waals surface area contributed by atoms with Crippen LogP contribution in [-0.2, 0) is 4.79 Å². The molecule has 0 aliphatic carbocycles. The highest BCUT2D eigenvalue weighted by molar-refractivity contribution is 6.06. The van der Waals surface area contributed by atoms with Crippen molar-refractivity contribution in [2.45, 2.75) is 6.92 Å². The molecule has 0 bridgehead atoms. The highest BCUT2D eigenvalue weighted by Crippen LogP contribution is 2.15. The van der Waals surface area contributed by atoms with Gasteiger partial charge in [-0.15, -0.1) is 0 Å². The molecule has 0 spiro atoms. The summed E-state index contributed by atoms with van der Waals surface area (Å²) in [6.07, 6.45) is 0. The van der Waals surface area contributed by atoms with E-state index < -0.39 is 17.6 Å². The van der Waals surface area contributed by atoms with E-state index in [0.29, 0.717) is 16.6 Å². The van der Waals surface area contributed by atoms with E-state index >= 15 is 0 Å². The van der Waals surface area contributed by atoms with Crippen LogP contribution in [0.2, 0.25) is 0 Å². The van der Waals surface area contributed by atoms with Crippen LogP contribution in [0.4, 0.5) is 10.1 Å². The first kappa shape index (κ1) is 15.7. The van der Waals surface area contributed by atoms with Crippen LogP contribution in [0.3, 0.4) is 0 Å². The second-order valence-electron chi connectivity index (χ2n) is 5.31. The van der Waals surface area contributed by atoms with Gasteiger partial charge >= 0.3 is 0 Å². The average molecular weight is 326 g/mol. The highest BCUT2D eigenvalue weighted by atomic mass is 19.1. The number of H-pyrrole nitrogens is 1. The fourth-order valence-electron chi connectivity index (χ4n) is 2.26. The number of halogens is 1. The third-order valence-corrected chi connectivity index (χ3v) is 3.55. The Labute approximate surface area is 137 Å². The van der Waals surface area contributed by atoms with E-state index in [4.69, 9.17) is 0 Å². The summed E-state index contributed by atoms with van der Waals surface area (Å²) in [5.74, 6) is -1.32. The molecule has 7 heteroatoms. The molecule has 3 N–H and O–H groups in total. The van der Waals surface area contributed by atoms with Gasteiger partial charge in [0.15, 0.2) is 5.69 Å². The SMILES string of the molecule is Cc1ccc(NC(=O)CNC(=O)c2n[nH]c3ccccc23)cc1F. The van der Waals surface area contributed by atoms with E-state index in [9.17, 15) is 14.0 Å². The zero-order valence-electron chi connectivity index (χ0n) is 12.9. The fourth-order valence-corrected chi connectivity index (χ4v) is 2.26. The minimum Gasteiger partial charge on any atom is -0.342 e. The number of fused-ring (bicyclic) bond motifs is 1. The molecule has 0 aliphatic rings. The van der Waals surface area contributed by atoms with Crippen LogP contribution in [0.1, 0.15) is 16.1 Å². The van der Waals surface area contributed by atoms with Gasteiger partial charge in [0.05, 0.1) is 12.1 Å². The molecule has 6 nitrogen and oxygen atoms in total. The lowest BCUT2D eigenvalue weighted by atomic mass is 10.2. The topological polar surface area (TPSA) is 86.9 Å². The Hall–Kier alpha value is -3.22. The first-order valence-electron chi connectivity index (χ1n) is 7.32. The Morgan fingerprint density at radius 2 is 2.00 bits per heavy atom. The molecule has 0 saturated carbocycles. The monoisotopic (exact) mass is 326 g/mol. The summed E-state index contributed by atoms with van der Waals surface area (Å²) in [5.41, 5.74) is 1.79. The van der Waals surface area contributed by atoms with Crippen LogP contribution < -0.4 is 10.6 Å². The first-order chi connectivity index (χ1) is 11.5. The van der Waals surface area contributed by atoms with Crippen LogP contribution in [0, 0.1) is 12.7 Å². The number of aromatic nitrogens is 2. The number of aromatic amines is 1. The van der Waals surface area contributed by atoms with Gasteiger partial charge in [0.25, 0.3) is 5.91 Å². The maximum atomic E-state index is 13.4. The number of nitrogens with one attached hydrogen (secondary N) is 3. The largest absolute Gasteiger partial charge is 0.342 e. The van der Waals surface area contributed by atoms with Gasteiger partial charge in [0.2, 0.25) is 5.91 Å². The Kier molecular flexibility index (Phi) is 4.24. The van der Waals surface area contributed by atoms with Gasteiger partial charge in [-0.3, -0.25) is 14.7 Å². The van der Waals surface area contributed by atoms with E-state index in [1.54, 1.807) is 37.3 Å². The van der Waals surface area contributed by atoms with Crippen molar-refractivity contribution < 1.29 is 14.0 Å². The lowest BCUT2D eigenvalue weighted by Crippen LogP contribution is -2.33. The molecule has 0 saturated heterocycles. The minimum absolute atomic E-state index is 0.222. The van der Waals surface area contributed by atoms with E-state index in [1.165, 1.54) is 6.07 Å². The number of hydrogen-bond acceptors (Lipinski definition) is 3. The van der Waals surface area contributed by atoms with Gasteiger partial charge in [0.1, 0.15) is 5.82 Å². The molecule has 2 amide bonds. The molecular weight excluding hydrogens is 311 g/mol. The summed E-state index contributed by atoms with van der Waals surface area (Å²) in [6.45, 7) is 1.39. The maximum absolute atomic E-state index is 13.4. The molecule has 1 heterocycles. The number of anilines is 1. The van der Waals surface area contributed by atoms with Crippen molar-refractivity contribution in [1.82, 2.24) is 15.5 Å². The molecule has 3 aromatic rings. The summed E-state index contributed by atoms with van der Waals surface area (Å²) in [7, 11) is 0. The van der Waals surface area contributed by atoms with Crippen molar-refractivity contribution in [3.05, 3.63) is 59.5 Å². The van der Waals surface area contributed by atoms with Gasteiger partial charge in [-0.25, -0.2) is 4.39 Å². The third-order valence-electron chi connectivity index (χ3n) is 3.55. The molecule has 122 valence electrons. The zero-order chi connectivity index (χ0) is 17.1. The molecule has 0 atom stereocenters. The van der Waals surface area contributed by atoms with Gasteiger partial charge in [-0.1, -0.05) is 24.3 Å². The molecule has 0 radical (unpaired) electrons.